The molecule has 1 saturated heterocycles. The Kier molecular flexibility index (Phi) is 2.46. The highest BCUT2D eigenvalue weighted by molar-refractivity contribution is 5.65. The molecule has 1 aliphatic rings. The molecule has 15 heavy (non-hydrogen) atoms. The van der Waals surface area contributed by atoms with Crippen LogP contribution in [0.3, 0.4) is 0 Å². The van der Waals surface area contributed by atoms with Crippen molar-refractivity contribution < 1.29 is 14.3 Å². The molecular weight excluding hydrogens is 192 g/mol. The number of hydrogen-bond acceptors (Lipinski definition) is 3. The lowest BCUT2D eigenvalue weighted by Crippen LogP contribution is -2.16. The van der Waals surface area contributed by atoms with E-state index >= 15 is 0 Å². The van der Waals surface area contributed by atoms with Gasteiger partial charge in [-0.3, -0.25) is 0 Å². The molecule has 78 valence electrons. The SMILES string of the molecule is C=C1OC(=O)OC1C(C)c1ccccc1. The molecule has 1 aromatic carbocycles. The average molecular weight is 204 g/mol. The number of carbonyl (C=O) groups is 1. The molecule has 0 aliphatic carbocycles. The smallest absolute Gasteiger partial charge is 0.422 e. The maximum atomic E-state index is 10.9. The van der Waals surface area contributed by atoms with Gasteiger partial charge in [-0.25, -0.2) is 4.79 Å². The van der Waals surface area contributed by atoms with E-state index in [0.717, 1.165) is 5.56 Å². The number of hydrogen-bond donors (Lipinski definition) is 0. The third-order valence-electron chi connectivity index (χ3n) is 2.53. The number of carbonyl (C=O) groups excluding carboxylic acids is 1. The van der Waals surface area contributed by atoms with Gasteiger partial charge < -0.3 is 9.47 Å². The second kappa shape index (κ2) is 3.77. The average Bonchev–Trinajstić information content (AvgIpc) is 2.58. The molecule has 3 nitrogen and oxygen atoms in total. The van der Waals surface area contributed by atoms with Crippen molar-refractivity contribution in [2.45, 2.75) is 18.9 Å². The Morgan fingerprint density at radius 2 is 2.00 bits per heavy atom. The molecule has 3 heteroatoms. The first-order valence-electron chi connectivity index (χ1n) is 4.80. The molecule has 1 aliphatic heterocycles. The van der Waals surface area contributed by atoms with Crippen molar-refractivity contribution in [3.05, 3.63) is 48.2 Å². The molecule has 0 bridgehead atoms. The van der Waals surface area contributed by atoms with Gasteiger partial charge >= 0.3 is 6.16 Å². The van der Waals surface area contributed by atoms with Gasteiger partial charge in [0.15, 0.2) is 6.10 Å². The molecule has 1 heterocycles. The van der Waals surface area contributed by atoms with Crippen LogP contribution in [0.15, 0.2) is 42.7 Å². The summed E-state index contributed by atoms with van der Waals surface area (Å²) >= 11 is 0. The summed E-state index contributed by atoms with van der Waals surface area (Å²) in [6.07, 6.45) is -1.03. The summed E-state index contributed by atoms with van der Waals surface area (Å²) in [5.41, 5.74) is 1.10. The fraction of sp³-hybridized carbons (Fsp3) is 0.250. The first kappa shape index (κ1) is 9.77. The highest BCUT2D eigenvalue weighted by Crippen LogP contribution is 2.30. The molecule has 0 amide bonds. The highest BCUT2D eigenvalue weighted by atomic mass is 16.8. The van der Waals surface area contributed by atoms with Crippen molar-refractivity contribution in [3.8, 4) is 0 Å². The van der Waals surface area contributed by atoms with Crippen molar-refractivity contribution >= 4 is 6.16 Å². The predicted octanol–water partition coefficient (Wildman–Crippen LogP) is 2.84. The van der Waals surface area contributed by atoms with Gasteiger partial charge in [0, 0.05) is 5.92 Å². The van der Waals surface area contributed by atoms with E-state index in [1.807, 2.05) is 37.3 Å². The molecule has 1 fully saturated rings. The van der Waals surface area contributed by atoms with Crippen molar-refractivity contribution in [1.82, 2.24) is 0 Å². The quantitative estimate of drug-likeness (QED) is 0.695. The minimum atomic E-state index is -0.659. The van der Waals surface area contributed by atoms with Gasteiger partial charge in [0.25, 0.3) is 0 Å². The fourth-order valence-corrected chi connectivity index (χ4v) is 1.67. The van der Waals surface area contributed by atoms with E-state index in [4.69, 9.17) is 9.47 Å². The predicted molar refractivity (Wildman–Crippen MR) is 55.4 cm³/mol. The summed E-state index contributed by atoms with van der Waals surface area (Å²) in [4.78, 5) is 10.9. The monoisotopic (exact) mass is 204 g/mol. The molecule has 1 aromatic rings. The lowest BCUT2D eigenvalue weighted by Gasteiger charge is -2.16. The van der Waals surface area contributed by atoms with Crippen LogP contribution < -0.4 is 0 Å². The molecule has 2 unspecified atom stereocenters. The first-order valence-corrected chi connectivity index (χ1v) is 4.80. The zero-order chi connectivity index (χ0) is 10.8. The molecule has 0 N–H and O–H groups in total. The fourth-order valence-electron chi connectivity index (χ4n) is 1.67. The van der Waals surface area contributed by atoms with Gasteiger partial charge in [-0.2, -0.15) is 0 Å². The number of rotatable bonds is 2. The van der Waals surface area contributed by atoms with Crippen LogP contribution in [-0.2, 0) is 9.47 Å². The first-order chi connectivity index (χ1) is 7.18. The summed E-state index contributed by atoms with van der Waals surface area (Å²) in [5.74, 6) is 0.446. The van der Waals surface area contributed by atoms with Gasteiger partial charge in [0.2, 0.25) is 0 Å². The van der Waals surface area contributed by atoms with Gasteiger partial charge in [-0.15, -0.1) is 0 Å². The standard InChI is InChI=1S/C12H12O3/c1-8(10-6-4-3-5-7-10)11-9(2)14-12(13)15-11/h3-8,11H,2H2,1H3. The Bertz CT molecular complexity index is 383. The van der Waals surface area contributed by atoms with Gasteiger partial charge in [-0.05, 0) is 5.56 Å². The molecule has 0 spiro atoms. The highest BCUT2D eigenvalue weighted by Gasteiger charge is 2.34. The van der Waals surface area contributed by atoms with Crippen LogP contribution in [0.4, 0.5) is 4.79 Å². The van der Waals surface area contributed by atoms with Crippen LogP contribution in [0.25, 0.3) is 0 Å². The molecule has 0 saturated carbocycles. The lowest BCUT2D eigenvalue weighted by atomic mass is 9.95. The van der Waals surface area contributed by atoms with Gasteiger partial charge in [-0.1, -0.05) is 43.8 Å². The zero-order valence-electron chi connectivity index (χ0n) is 8.47. The van der Waals surface area contributed by atoms with Crippen molar-refractivity contribution in [2.75, 3.05) is 0 Å². The zero-order valence-corrected chi connectivity index (χ0v) is 8.47. The molecule has 2 rings (SSSR count). The molecule has 2 atom stereocenters. The van der Waals surface area contributed by atoms with Crippen LogP contribution >= 0.6 is 0 Å². The third kappa shape index (κ3) is 1.86. The van der Waals surface area contributed by atoms with Crippen LogP contribution in [0.2, 0.25) is 0 Å². The van der Waals surface area contributed by atoms with Crippen molar-refractivity contribution in [2.24, 2.45) is 0 Å². The van der Waals surface area contributed by atoms with Gasteiger partial charge in [0.05, 0.1) is 0 Å². The minimum absolute atomic E-state index is 0.0603. The summed E-state index contributed by atoms with van der Waals surface area (Å²) in [5, 5.41) is 0. The van der Waals surface area contributed by atoms with E-state index in [1.165, 1.54) is 0 Å². The second-order valence-electron chi connectivity index (χ2n) is 3.56. The summed E-state index contributed by atoms with van der Waals surface area (Å²) < 4.78 is 9.79. The van der Waals surface area contributed by atoms with E-state index in [1.54, 1.807) is 0 Å². The Morgan fingerprint density at radius 3 is 2.53 bits per heavy atom. The van der Waals surface area contributed by atoms with Crippen LogP contribution in [0.1, 0.15) is 18.4 Å². The van der Waals surface area contributed by atoms with Crippen LogP contribution in [0.5, 0.6) is 0 Å². The van der Waals surface area contributed by atoms with Crippen molar-refractivity contribution in [3.63, 3.8) is 0 Å². The Morgan fingerprint density at radius 1 is 1.33 bits per heavy atom. The van der Waals surface area contributed by atoms with Gasteiger partial charge in [0.1, 0.15) is 5.76 Å². The topological polar surface area (TPSA) is 35.5 Å². The Balaban J connectivity index is 2.18. The number of cyclic esters (lactones) is 2. The number of benzene rings is 1. The third-order valence-corrected chi connectivity index (χ3v) is 2.53. The lowest BCUT2D eigenvalue weighted by molar-refractivity contribution is 0.112. The molecule has 0 radical (unpaired) electrons. The normalized spacial score (nSPS) is 22.1. The Labute approximate surface area is 88.3 Å². The van der Waals surface area contributed by atoms with Crippen LogP contribution in [-0.4, -0.2) is 12.3 Å². The van der Waals surface area contributed by atoms with E-state index in [-0.39, 0.29) is 12.0 Å². The Hall–Kier alpha value is -1.77. The second-order valence-corrected chi connectivity index (χ2v) is 3.56. The van der Waals surface area contributed by atoms with Crippen molar-refractivity contribution in [1.29, 1.82) is 0 Å². The van der Waals surface area contributed by atoms with E-state index in [0.29, 0.717) is 5.76 Å². The van der Waals surface area contributed by atoms with Crippen LogP contribution in [0, 0.1) is 0 Å². The largest absolute Gasteiger partial charge is 0.514 e. The van der Waals surface area contributed by atoms with E-state index in [2.05, 4.69) is 6.58 Å². The minimum Gasteiger partial charge on any atom is -0.422 e. The number of ether oxygens (including phenoxy) is 2. The van der Waals surface area contributed by atoms with E-state index < -0.39 is 6.16 Å². The maximum Gasteiger partial charge on any atom is 0.514 e. The summed E-state index contributed by atoms with van der Waals surface area (Å²) in [6, 6.07) is 9.83. The van der Waals surface area contributed by atoms with E-state index in [9.17, 15) is 4.79 Å². The maximum absolute atomic E-state index is 10.9. The molecular formula is C12H12O3. The summed E-state index contributed by atoms with van der Waals surface area (Å²) in [6.45, 7) is 5.64. The summed E-state index contributed by atoms with van der Waals surface area (Å²) in [7, 11) is 0. The molecule has 0 aromatic heterocycles.